The van der Waals surface area contributed by atoms with Crippen molar-refractivity contribution in [3.8, 4) is 5.88 Å². The Balaban J connectivity index is 1.26. The summed E-state index contributed by atoms with van der Waals surface area (Å²) in [7, 11) is 0. The molecule has 2 aliphatic heterocycles. The molecule has 2 fully saturated rings. The molecular formula is C19H26N4O2. The second kappa shape index (κ2) is 7.14. The number of aromatic nitrogens is 3. The van der Waals surface area contributed by atoms with Crippen LogP contribution in [0.15, 0.2) is 36.8 Å². The molecule has 4 heterocycles. The van der Waals surface area contributed by atoms with Crippen molar-refractivity contribution in [2.75, 3.05) is 26.3 Å². The lowest BCUT2D eigenvalue weighted by Crippen LogP contribution is -2.64. The van der Waals surface area contributed by atoms with Crippen molar-refractivity contribution >= 4 is 0 Å². The van der Waals surface area contributed by atoms with E-state index in [0.717, 1.165) is 45.6 Å². The predicted molar refractivity (Wildman–Crippen MR) is 94.3 cm³/mol. The van der Waals surface area contributed by atoms with E-state index in [9.17, 15) is 0 Å². The normalized spacial score (nSPS) is 22.2. The van der Waals surface area contributed by atoms with E-state index in [1.54, 1.807) is 6.20 Å². The third-order valence-electron chi connectivity index (χ3n) is 5.35. The van der Waals surface area contributed by atoms with Gasteiger partial charge in [-0.05, 0) is 31.7 Å². The molecule has 6 heteroatoms. The van der Waals surface area contributed by atoms with Gasteiger partial charge in [-0.3, -0.25) is 9.58 Å². The fourth-order valence-electron chi connectivity index (χ4n) is 4.02. The summed E-state index contributed by atoms with van der Waals surface area (Å²) in [6.07, 6.45) is 8.03. The molecule has 25 heavy (non-hydrogen) atoms. The fourth-order valence-corrected chi connectivity index (χ4v) is 4.02. The SMILES string of the molecule is CCn1cc(CN2CC3(C2)OCCC3CCOc2ccccn2)cn1. The highest BCUT2D eigenvalue weighted by molar-refractivity contribution is 5.11. The topological polar surface area (TPSA) is 52.4 Å². The van der Waals surface area contributed by atoms with Crippen molar-refractivity contribution in [3.63, 3.8) is 0 Å². The Labute approximate surface area is 148 Å². The van der Waals surface area contributed by atoms with Gasteiger partial charge in [-0.2, -0.15) is 5.10 Å². The molecule has 0 radical (unpaired) electrons. The molecule has 0 bridgehead atoms. The van der Waals surface area contributed by atoms with Crippen molar-refractivity contribution in [1.82, 2.24) is 19.7 Å². The summed E-state index contributed by atoms with van der Waals surface area (Å²) < 4.78 is 13.9. The summed E-state index contributed by atoms with van der Waals surface area (Å²) in [6.45, 7) is 7.59. The van der Waals surface area contributed by atoms with Crippen LogP contribution in [0.1, 0.15) is 25.3 Å². The Morgan fingerprint density at radius 3 is 3.04 bits per heavy atom. The summed E-state index contributed by atoms with van der Waals surface area (Å²) in [4.78, 5) is 6.66. The molecule has 1 unspecified atom stereocenters. The zero-order valence-corrected chi connectivity index (χ0v) is 14.8. The Bertz CT molecular complexity index is 682. The van der Waals surface area contributed by atoms with Crippen molar-refractivity contribution in [1.29, 1.82) is 0 Å². The van der Waals surface area contributed by atoms with Crippen LogP contribution in [-0.4, -0.2) is 51.6 Å². The minimum Gasteiger partial charge on any atom is -0.478 e. The summed E-state index contributed by atoms with van der Waals surface area (Å²) in [5, 5.41) is 4.36. The Kier molecular flexibility index (Phi) is 4.72. The van der Waals surface area contributed by atoms with Gasteiger partial charge in [0.2, 0.25) is 5.88 Å². The molecule has 0 N–H and O–H groups in total. The van der Waals surface area contributed by atoms with Gasteiger partial charge in [-0.1, -0.05) is 6.07 Å². The minimum atomic E-state index is 0.0359. The van der Waals surface area contributed by atoms with Crippen LogP contribution in [0, 0.1) is 5.92 Å². The van der Waals surface area contributed by atoms with Crippen LogP contribution < -0.4 is 4.74 Å². The molecule has 0 amide bonds. The molecule has 0 saturated carbocycles. The third-order valence-corrected chi connectivity index (χ3v) is 5.35. The van der Waals surface area contributed by atoms with Crippen LogP contribution in [0.2, 0.25) is 0 Å². The van der Waals surface area contributed by atoms with E-state index in [-0.39, 0.29) is 5.60 Å². The summed E-state index contributed by atoms with van der Waals surface area (Å²) >= 11 is 0. The Morgan fingerprint density at radius 2 is 2.28 bits per heavy atom. The predicted octanol–water partition coefficient (Wildman–Crippen LogP) is 2.36. The van der Waals surface area contributed by atoms with Gasteiger partial charge in [0.1, 0.15) is 0 Å². The highest BCUT2D eigenvalue weighted by Gasteiger charge is 2.52. The maximum atomic E-state index is 6.15. The highest BCUT2D eigenvalue weighted by Crippen LogP contribution is 2.42. The second-order valence-electron chi connectivity index (χ2n) is 7.05. The lowest BCUT2D eigenvalue weighted by Gasteiger charge is -2.50. The summed E-state index contributed by atoms with van der Waals surface area (Å²) in [6, 6.07) is 5.76. The van der Waals surface area contributed by atoms with Crippen LogP contribution in [0.4, 0.5) is 0 Å². The smallest absolute Gasteiger partial charge is 0.213 e. The van der Waals surface area contributed by atoms with E-state index in [1.807, 2.05) is 29.1 Å². The van der Waals surface area contributed by atoms with Crippen molar-refractivity contribution in [2.24, 2.45) is 5.92 Å². The van der Waals surface area contributed by atoms with E-state index in [1.165, 1.54) is 5.56 Å². The second-order valence-corrected chi connectivity index (χ2v) is 7.05. The van der Waals surface area contributed by atoms with E-state index in [0.29, 0.717) is 18.4 Å². The van der Waals surface area contributed by atoms with Crippen molar-refractivity contribution in [3.05, 3.63) is 42.4 Å². The van der Waals surface area contributed by atoms with Gasteiger partial charge in [0.15, 0.2) is 0 Å². The molecule has 1 atom stereocenters. The van der Waals surface area contributed by atoms with Gasteiger partial charge in [0.25, 0.3) is 0 Å². The fraction of sp³-hybridized carbons (Fsp3) is 0.579. The number of hydrogen-bond donors (Lipinski definition) is 0. The molecule has 134 valence electrons. The molecule has 2 aliphatic rings. The molecule has 4 rings (SSSR count). The monoisotopic (exact) mass is 342 g/mol. The highest BCUT2D eigenvalue weighted by atomic mass is 16.5. The largest absolute Gasteiger partial charge is 0.478 e. The van der Waals surface area contributed by atoms with Gasteiger partial charge in [-0.15, -0.1) is 0 Å². The van der Waals surface area contributed by atoms with Crippen LogP contribution in [0.5, 0.6) is 5.88 Å². The van der Waals surface area contributed by atoms with Crippen LogP contribution in [0.25, 0.3) is 0 Å². The Hall–Kier alpha value is -1.92. The molecule has 1 spiro atoms. The Morgan fingerprint density at radius 1 is 1.36 bits per heavy atom. The molecule has 2 aromatic heterocycles. The zero-order valence-electron chi connectivity index (χ0n) is 14.8. The number of nitrogens with zero attached hydrogens (tertiary/aromatic N) is 4. The maximum absolute atomic E-state index is 6.15. The lowest BCUT2D eigenvalue weighted by molar-refractivity contribution is -0.138. The number of pyridine rings is 1. The molecule has 6 nitrogen and oxygen atoms in total. The van der Waals surface area contributed by atoms with Gasteiger partial charge >= 0.3 is 0 Å². The summed E-state index contributed by atoms with van der Waals surface area (Å²) in [5.41, 5.74) is 1.32. The van der Waals surface area contributed by atoms with Crippen LogP contribution in [0.3, 0.4) is 0 Å². The van der Waals surface area contributed by atoms with Crippen molar-refractivity contribution in [2.45, 2.75) is 38.5 Å². The number of rotatable bonds is 7. The van der Waals surface area contributed by atoms with E-state index < -0.39 is 0 Å². The van der Waals surface area contributed by atoms with E-state index in [2.05, 4.69) is 28.1 Å². The maximum Gasteiger partial charge on any atom is 0.213 e. The van der Waals surface area contributed by atoms with Gasteiger partial charge < -0.3 is 9.47 Å². The standard InChI is InChI=1S/C19H26N4O2/c1-2-23-13-16(11-21-23)12-22-14-19(15-22)17(7-10-25-19)6-9-24-18-5-3-4-8-20-18/h3-5,8,11,13,17H,2,6-7,9-10,12,14-15H2,1H3. The molecule has 2 aromatic rings. The number of aryl methyl sites for hydroxylation is 1. The van der Waals surface area contributed by atoms with E-state index in [4.69, 9.17) is 9.47 Å². The van der Waals surface area contributed by atoms with Gasteiger partial charge in [0.05, 0.1) is 18.4 Å². The number of likely N-dealkylation sites (tertiary alicyclic amines) is 1. The summed E-state index contributed by atoms with van der Waals surface area (Å²) in [5.74, 6) is 1.28. The lowest BCUT2D eigenvalue weighted by atomic mass is 9.79. The molecule has 0 aliphatic carbocycles. The van der Waals surface area contributed by atoms with E-state index >= 15 is 0 Å². The first-order valence-corrected chi connectivity index (χ1v) is 9.19. The van der Waals surface area contributed by atoms with Crippen LogP contribution >= 0.6 is 0 Å². The molecule has 2 saturated heterocycles. The minimum absolute atomic E-state index is 0.0359. The molecular weight excluding hydrogens is 316 g/mol. The molecule has 0 aromatic carbocycles. The average molecular weight is 342 g/mol. The zero-order chi connectivity index (χ0) is 17.1. The van der Waals surface area contributed by atoms with Crippen LogP contribution in [-0.2, 0) is 17.8 Å². The quantitative estimate of drug-likeness (QED) is 0.773. The third kappa shape index (κ3) is 3.55. The van der Waals surface area contributed by atoms with Gasteiger partial charge in [-0.25, -0.2) is 4.98 Å². The number of hydrogen-bond acceptors (Lipinski definition) is 5. The number of ether oxygens (including phenoxy) is 2. The van der Waals surface area contributed by atoms with Crippen molar-refractivity contribution < 1.29 is 9.47 Å². The van der Waals surface area contributed by atoms with Gasteiger partial charge in [0, 0.05) is 56.8 Å². The first-order chi connectivity index (χ1) is 12.3. The first kappa shape index (κ1) is 16.5. The first-order valence-electron chi connectivity index (χ1n) is 9.19. The average Bonchev–Trinajstić information content (AvgIpc) is 3.23.